The number of hydrogen-bond acceptors (Lipinski definition) is 2. The topological polar surface area (TPSA) is 12.0 Å². The Morgan fingerprint density at radius 1 is 1.16 bits per heavy atom. The summed E-state index contributed by atoms with van der Waals surface area (Å²) in [6.45, 7) is 10.1. The van der Waals surface area contributed by atoms with Crippen LogP contribution in [0.5, 0.6) is 0 Å². The van der Waals surface area contributed by atoms with E-state index in [-0.39, 0.29) is 0 Å². The lowest BCUT2D eigenvalue weighted by Gasteiger charge is -2.25. The van der Waals surface area contributed by atoms with Crippen molar-refractivity contribution in [2.24, 2.45) is 5.92 Å². The Hall–Kier alpha value is -0.470. The average Bonchev–Trinajstić information content (AvgIpc) is 2.36. The number of hydrogen-bond donors (Lipinski definition) is 1. The molecular weight excluding hydrogens is 250 g/mol. The molecule has 1 aromatic rings. The van der Waals surface area contributed by atoms with Crippen molar-refractivity contribution in [3.05, 3.63) is 34.4 Å². The van der Waals surface area contributed by atoms with Gasteiger partial charge in [-0.3, -0.25) is 0 Å². The minimum absolute atomic E-state index is 0.468. The number of thioether (sulfide) groups is 1. The van der Waals surface area contributed by atoms with Gasteiger partial charge in [0.2, 0.25) is 0 Å². The van der Waals surface area contributed by atoms with Gasteiger partial charge in [0.25, 0.3) is 0 Å². The predicted octanol–water partition coefficient (Wildman–Crippen LogP) is 4.41. The van der Waals surface area contributed by atoms with Gasteiger partial charge in [-0.15, -0.1) is 0 Å². The molecule has 2 heteroatoms. The fourth-order valence-electron chi connectivity index (χ4n) is 3.27. The van der Waals surface area contributed by atoms with E-state index in [9.17, 15) is 0 Å². The van der Waals surface area contributed by atoms with Crippen LogP contribution in [0, 0.1) is 26.7 Å². The van der Waals surface area contributed by atoms with Gasteiger partial charge in [0.05, 0.1) is 0 Å². The van der Waals surface area contributed by atoms with E-state index in [1.807, 2.05) is 0 Å². The van der Waals surface area contributed by atoms with Crippen LogP contribution in [0.4, 0.5) is 0 Å². The van der Waals surface area contributed by atoms with Gasteiger partial charge >= 0.3 is 0 Å². The van der Waals surface area contributed by atoms with E-state index < -0.39 is 0 Å². The molecule has 106 valence electrons. The van der Waals surface area contributed by atoms with Crippen molar-refractivity contribution in [2.45, 2.75) is 46.6 Å². The van der Waals surface area contributed by atoms with Crippen LogP contribution in [0.25, 0.3) is 0 Å². The van der Waals surface area contributed by atoms with Crippen molar-refractivity contribution >= 4 is 11.8 Å². The Kier molecular flexibility index (Phi) is 5.35. The lowest BCUT2D eigenvalue weighted by molar-refractivity contribution is 0.420. The summed E-state index contributed by atoms with van der Waals surface area (Å²) < 4.78 is 0. The average molecular weight is 277 g/mol. The van der Waals surface area contributed by atoms with E-state index in [1.54, 1.807) is 0 Å². The Morgan fingerprint density at radius 3 is 2.32 bits per heavy atom. The van der Waals surface area contributed by atoms with Crippen molar-refractivity contribution < 1.29 is 0 Å². The number of rotatable bonds is 4. The first kappa shape index (κ1) is 14.9. The molecule has 0 bridgehead atoms. The fourth-order valence-corrected chi connectivity index (χ4v) is 4.47. The summed E-state index contributed by atoms with van der Waals surface area (Å²) in [6, 6.07) is 5.07. The standard InChI is InChI=1S/C17H27NS/c1-12-9-13(2)17(14(3)10-12)15(4)18-11-16-5-7-19-8-6-16/h9-10,15-16,18H,5-8,11H2,1-4H3. The SMILES string of the molecule is Cc1cc(C)c(C(C)NCC2CCSCC2)c(C)c1. The first-order valence-electron chi connectivity index (χ1n) is 7.47. The first-order valence-corrected chi connectivity index (χ1v) is 8.62. The highest BCUT2D eigenvalue weighted by Crippen LogP contribution is 2.25. The molecule has 19 heavy (non-hydrogen) atoms. The molecule has 0 radical (unpaired) electrons. The van der Waals surface area contributed by atoms with Crippen LogP contribution in [0.15, 0.2) is 12.1 Å². The molecule has 1 aliphatic heterocycles. The smallest absolute Gasteiger partial charge is 0.0297 e. The molecule has 0 spiro atoms. The Balaban J connectivity index is 1.97. The molecule has 0 amide bonds. The van der Waals surface area contributed by atoms with Gasteiger partial charge in [-0.2, -0.15) is 11.8 Å². The van der Waals surface area contributed by atoms with Crippen molar-refractivity contribution in [3.8, 4) is 0 Å². The number of aryl methyl sites for hydroxylation is 3. The highest BCUT2D eigenvalue weighted by Gasteiger charge is 2.16. The van der Waals surface area contributed by atoms with E-state index in [0.29, 0.717) is 6.04 Å². The van der Waals surface area contributed by atoms with Gasteiger partial charge in [0.15, 0.2) is 0 Å². The molecular formula is C17H27NS. The van der Waals surface area contributed by atoms with Crippen LogP contribution in [0.3, 0.4) is 0 Å². The van der Waals surface area contributed by atoms with Gasteiger partial charge in [0, 0.05) is 6.04 Å². The molecule has 1 unspecified atom stereocenters. The second-order valence-electron chi connectivity index (χ2n) is 6.00. The molecule has 1 aromatic carbocycles. The van der Waals surface area contributed by atoms with Crippen LogP contribution in [0.2, 0.25) is 0 Å². The molecule has 1 heterocycles. The third-order valence-electron chi connectivity index (χ3n) is 4.22. The van der Waals surface area contributed by atoms with E-state index in [0.717, 1.165) is 5.92 Å². The Bertz CT molecular complexity index is 398. The molecule has 1 saturated heterocycles. The lowest BCUT2D eigenvalue weighted by atomic mass is 9.94. The second-order valence-corrected chi connectivity index (χ2v) is 7.22. The maximum Gasteiger partial charge on any atom is 0.0297 e. The van der Waals surface area contributed by atoms with E-state index in [1.165, 1.54) is 53.1 Å². The van der Waals surface area contributed by atoms with Crippen LogP contribution in [-0.2, 0) is 0 Å². The van der Waals surface area contributed by atoms with Crippen LogP contribution >= 0.6 is 11.8 Å². The van der Waals surface area contributed by atoms with Crippen molar-refractivity contribution in [1.29, 1.82) is 0 Å². The van der Waals surface area contributed by atoms with E-state index in [2.05, 4.69) is 56.9 Å². The van der Waals surface area contributed by atoms with Crippen molar-refractivity contribution in [3.63, 3.8) is 0 Å². The lowest BCUT2D eigenvalue weighted by Crippen LogP contribution is -2.28. The van der Waals surface area contributed by atoms with Gasteiger partial charge < -0.3 is 5.32 Å². The number of benzene rings is 1. The molecule has 2 rings (SSSR count). The third kappa shape index (κ3) is 4.00. The summed E-state index contributed by atoms with van der Waals surface area (Å²) in [7, 11) is 0. The molecule has 1 fully saturated rings. The normalized spacial score (nSPS) is 18.5. The van der Waals surface area contributed by atoms with Crippen LogP contribution < -0.4 is 5.32 Å². The molecule has 1 aliphatic rings. The van der Waals surface area contributed by atoms with Gasteiger partial charge in [-0.05, 0) is 81.2 Å². The van der Waals surface area contributed by atoms with E-state index in [4.69, 9.17) is 0 Å². The quantitative estimate of drug-likeness (QED) is 0.875. The largest absolute Gasteiger partial charge is 0.310 e. The molecule has 1 atom stereocenters. The van der Waals surface area contributed by atoms with Crippen molar-refractivity contribution in [2.75, 3.05) is 18.1 Å². The molecule has 1 N–H and O–H groups in total. The maximum atomic E-state index is 3.76. The summed E-state index contributed by atoms with van der Waals surface area (Å²) in [6.07, 6.45) is 2.77. The summed E-state index contributed by atoms with van der Waals surface area (Å²) in [5.74, 6) is 3.59. The summed E-state index contributed by atoms with van der Waals surface area (Å²) in [5.41, 5.74) is 5.72. The predicted molar refractivity (Wildman–Crippen MR) is 87.1 cm³/mol. The van der Waals surface area contributed by atoms with Gasteiger partial charge in [0.1, 0.15) is 0 Å². The summed E-state index contributed by atoms with van der Waals surface area (Å²) in [5, 5.41) is 3.76. The van der Waals surface area contributed by atoms with Crippen LogP contribution in [-0.4, -0.2) is 18.1 Å². The zero-order valence-corrected chi connectivity index (χ0v) is 13.6. The minimum atomic E-state index is 0.468. The minimum Gasteiger partial charge on any atom is -0.310 e. The van der Waals surface area contributed by atoms with Gasteiger partial charge in [-0.1, -0.05) is 17.7 Å². The van der Waals surface area contributed by atoms with Gasteiger partial charge in [-0.25, -0.2) is 0 Å². The Labute approximate surface area is 122 Å². The maximum absolute atomic E-state index is 3.76. The Morgan fingerprint density at radius 2 is 1.74 bits per heavy atom. The molecule has 1 nitrogen and oxygen atoms in total. The summed E-state index contributed by atoms with van der Waals surface area (Å²) >= 11 is 2.11. The van der Waals surface area contributed by atoms with Crippen molar-refractivity contribution in [1.82, 2.24) is 5.32 Å². The zero-order valence-electron chi connectivity index (χ0n) is 12.8. The molecule has 0 saturated carbocycles. The van der Waals surface area contributed by atoms with Crippen LogP contribution in [0.1, 0.15) is 48.1 Å². The fraction of sp³-hybridized carbons (Fsp3) is 0.647. The summed E-state index contributed by atoms with van der Waals surface area (Å²) in [4.78, 5) is 0. The monoisotopic (exact) mass is 277 g/mol. The van der Waals surface area contributed by atoms with E-state index >= 15 is 0 Å². The molecule has 0 aromatic heterocycles. The number of nitrogens with one attached hydrogen (secondary N) is 1. The highest BCUT2D eigenvalue weighted by molar-refractivity contribution is 7.99. The second kappa shape index (κ2) is 6.81. The molecule has 0 aliphatic carbocycles. The third-order valence-corrected chi connectivity index (χ3v) is 5.27. The first-order chi connectivity index (χ1) is 9.08. The highest BCUT2D eigenvalue weighted by atomic mass is 32.2. The zero-order chi connectivity index (χ0) is 13.8.